The maximum absolute atomic E-state index is 14.0. The van der Waals surface area contributed by atoms with Crippen molar-refractivity contribution in [1.29, 1.82) is 0 Å². The number of nitrogens with one attached hydrogen (secondary N) is 1. The van der Waals surface area contributed by atoms with E-state index >= 15 is 0 Å². The van der Waals surface area contributed by atoms with Gasteiger partial charge in [0, 0.05) is 16.3 Å². The van der Waals surface area contributed by atoms with E-state index in [4.69, 9.17) is 28.9 Å². The molecule has 104 valence electrons. The van der Waals surface area contributed by atoms with Gasteiger partial charge in [-0.15, -0.1) is 0 Å². The molecule has 2 aromatic rings. The van der Waals surface area contributed by atoms with E-state index < -0.39 is 17.8 Å². The molecule has 0 aliphatic carbocycles. The van der Waals surface area contributed by atoms with Crippen molar-refractivity contribution in [2.75, 3.05) is 5.32 Å². The summed E-state index contributed by atoms with van der Waals surface area (Å²) in [6.45, 7) is 0. The number of halogens is 3. The number of carbonyl (C=O) groups is 1. The fourth-order valence-electron chi connectivity index (χ4n) is 1.76. The van der Waals surface area contributed by atoms with Crippen LogP contribution in [-0.2, 0) is 4.79 Å². The van der Waals surface area contributed by atoms with Crippen molar-refractivity contribution in [2.24, 2.45) is 5.73 Å². The van der Waals surface area contributed by atoms with E-state index in [9.17, 15) is 9.18 Å². The van der Waals surface area contributed by atoms with Gasteiger partial charge in [0.1, 0.15) is 11.9 Å². The van der Waals surface area contributed by atoms with Gasteiger partial charge >= 0.3 is 0 Å². The summed E-state index contributed by atoms with van der Waals surface area (Å²) in [5, 5.41) is 3.35. The summed E-state index contributed by atoms with van der Waals surface area (Å²) in [4.78, 5) is 11.6. The lowest BCUT2D eigenvalue weighted by molar-refractivity contribution is -0.118. The van der Waals surface area contributed by atoms with Crippen molar-refractivity contribution in [2.45, 2.75) is 6.04 Å². The average Bonchev–Trinajstić information content (AvgIpc) is 2.41. The van der Waals surface area contributed by atoms with Crippen molar-refractivity contribution >= 4 is 34.8 Å². The van der Waals surface area contributed by atoms with Gasteiger partial charge in [0.05, 0.1) is 5.02 Å². The highest BCUT2D eigenvalue weighted by atomic mass is 35.5. The molecule has 1 amide bonds. The summed E-state index contributed by atoms with van der Waals surface area (Å²) in [5.74, 6) is -1.37. The van der Waals surface area contributed by atoms with E-state index in [1.165, 1.54) is 12.1 Å². The van der Waals surface area contributed by atoms with E-state index in [1.807, 2.05) is 0 Å². The maximum atomic E-state index is 14.0. The quantitative estimate of drug-likeness (QED) is 0.903. The molecule has 0 bridgehead atoms. The molecule has 20 heavy (non-hydrogen) atoms. The van der Waals surface area contributed by atoms with Gasteiger partial charge in [-0.3, -0.25) is 4.79 Å². The smallest absolute Gasteiger partial charge is 0.244 e. The number of carbonyl (C=O) groups excluding carboxylic acids is 1. The first-order chi connectivity index (χ1) is 9.49. The first-order valence-corrected chi connectivity index (χ1v) is 6.50. The Bertz CT molecular complexity index is 632. The second-order valence-corrected chi connectivity index (χ2v) is 4.97. The normalized spacial score (nSPS) is 11.9. The number of hydrogen-bond donors (Lipinski definition) is 2. The summed E-state index contributed by atoms with van der Waals surface area (Å²) in [5.41, 5.74) is 6.02. The first-order valence-electron chi connectivity index (χ1n) is 5.74. The molecule has 1 atom stereocenters. The van der Waals surface area contributed by atoms with Crippen molar-refractivity contribution in [3.05, 3.63) is 63.9 Å². The van der Waals surface area contributed by atoms with E-state index in [2.05, 4.69) is 5.32 Å². The fourth-order valence-corrected chi connectivity index (χ4v) is 2.07. The van der Waals surface area contributed by atoms with Crippen LogP contribution >= 0.6 is 23.2 Å². The second-order valence-electron chi connectivity index (χ2n) is 4.13. The zero-order valence-electron chi connectivity index (χ0n) is 10.2. The minimum atomic E-state index is -1.02. The molecule has 0 spiro atoms. The van der Waals surface area contributed by atoms with Gasteiger partial charge < -0.3 is 11.1 Å². The van der Waals surface area contributed by atoms with E-state index in [-0.39, 0.29) is 10.6 Å². The van der Waals surface area contributed by atoms with Gasteiger partial charge in [-0.25, -0.2) is 4.39 Å². The molecule has 0 fully saturated rings. The van der Waals surface area contributed by atoms with E-state index in [1.54, 1.807) is 30.3 Å². The Labute approximate surface area is 125 Å². The van der Waals surface area contributed by atoms with Crippen LogP contribution in [0.5, 0.6) is 0 Å². The largest absolute Gasteiger partial charge is 0.370 e. The third-order valence-corrected chi connectivity index (χ3v) is 3.28. The minimum absolute atomic E-state index is 0.0633. The van der Waals surface area contributed by atoms with Crippen LogP contribution in [0.3, 0.4) is 0 Å². The highest BCUT2D eigenvalue weighted by Crippen LogP contribution is 2.26. The van der Waals surface area contributed by atoms with Gasteiger partial charge in [0.15, 0.2) is 0 Å². The van der Waals surface area contributed by atoms with Crippen LogP contribution in [0.2, 0.25) is 10.0 Å². The number of amides is 1. The van der Waals surface area contributed by atoms with Crippen LogP contribution in [0.15, 0.2) is 42.5 Å². The third-order valence-electron chi connectivity index (χ3n) is 2.73. The van der Waals surface area contributed by atoms with Gasteiger partial charge in [0.25, 0.3) is 0 Å². The lowest BCUT2D eigenvalue weighted by Crippen LogP contribution is -2.28. The van der Waals surface area contributed by atoms with Gasteiger partial charge in [0.2, 0.25) is 5.91 Å². The topological polar surface area (TPSA) is 55.1 Å². The van der Waals surface area contributed by atoms with Crippen LogP contribution < -0.4 is 11.1 Å². The molecule has 0 aliphatic rings. The summed E-state index contributed by atoms with van der Waals surface area (Å²) < 4.78 is 14.0. The van der Waals surface area contributed by atoms with Crippen LogP contribution in [0.1, 0.15) is 11.6 Å². The number of rotatable bonds is 4. The van der Waals surface area contributed by atoms with Crippen LogP contribution in [0.4, 0.5) is 10.1 Å². The second kappa shape index (κ2) is 6.11. The minimum Gasteiger partial charge on any atom is -0.370 e. The summed E-state index contributed by atoms with van der Waals surface area (Å²) in [6.07, 6.45) is 0. The predicted octanol–water partition coefficient (Wildman–Crippen LogP) is 3.77. The van der Waals surface area contributed by atoms with Gasteiger partial charge in [-0.2, -0.15) is 0 Å². The SMILES string of the molecule is NC(=O)C(Nc1ccc(Cl)cc1)c1cccc(Cl)c1F. The molecule has 2 aromatic carbocycles. The molecule has 2 rings (SSSR count). The monoisotopic (exact) mass is 312 g/mol. The predicted molar refractivity (Wildman–Crippen MR) is 78.4 cm³/mol. The average molecular weight is 313 g/mol. The number of nitrogens with two attached hydrogens (primary N) is 1. The van der Waals surface area contributed by atoms with Crippen molar-refractivity contribution in [1.82, 2.24) is 0 Å². The summed E-state index contributed by atoms with van der Waals surface area (Å²) >= 11 is 11.5. The molecule has 3 N–H and O–H groups in total. The van der Waals surface area contributed by atoms with Crippen LogP contribution in [0, 0.1) is 5.82 Å². The Hall–Kier alpha value is -1.78. The zero-order valence-corrected chi connectivity index (χ0v) is 11.8. The van der Waals surface area contributed by atoms with Crippen molar-refractivity contribution in [3.63, 3.8) is 0 Å². The Kier molecular flexibility index (Phi) is 4.47. The standard InChI is InChI=1S/C14H11Cl2FN2O/c15-8-4-6-9(7-5-8)19-13(14(18)20)10-2-1-3-11(16)12(10)17/h1-7,13,19H,(H2,18,20). The maximum Gasteiger partial charge on any atom is 0.244 e. The fraction of sp³-hybridized carbons (Fsp3) is 0.0714. The Morgan fingerprint density at radius 2 is 1.80 bits per heavy atom. The Balaban J connectivity index is 2.34. The molecule has 0 aliphatic heterocycles. The van der Waals surface area contributed by atoms with Gasteiger partial charge in [-0.05, 0) is 30.3 Å². The van der Waals surface area contributed by atoms with Crippen molar-refractivity contribution in [3.8, 4) is 0 Å². The Morgan fingerprint density at radius 3 is 2.40 bits per heavy atom. The third kappa shape index (κ3) is 3.21. The molecule has 0 heterocycles. The number of benzene rings is 2. The highest BCUT2D eigenvalue weighted by molar-refractivity contribution is 6.31. The highest BCUT2D eigenvalue weighted by Gasteiger charge is 2.22. The molecule has 6 heteroatoms. The van der Waals surface area contributed by atoms with Gasteiger partial charge in [-0.1, -0.05) is 35.3 Å². The number of hydrogen-bond acceptors (Lipinski definition) is 2. The molecule has 0 saturated heterocycles. The molecular formula is C14H11Cl2FN2O. The molecular weight excluding hydrogens is 302 g/mol. The van der Waals surface area contributed by atoms with E-state index in [0.29, 0.717) is 10.7 Å². The molecule has 0 aromatic heterocycles. The molecule has 0 saturated carbocycles. The first kappa shape index (κ1) is 14.6. The Morgan fingerprint density at radius 1 is 1.15 bits per heavy atom. The zero-order chi connectivity index (χ0) is 14.7. The summed E-state index contributed by atoms with van der Waals surface area (Å²) in [7, 11) is 0. The molecule has 1 unspecified atom stereocenters. The lowest BCUT2D eigenvalue weighted by atomic mass is 10.1. The number of primary amides is 1. The number of anilines is 1. The summed E-state index contributed by atoms with van der Waals surface area (Å²) in [6, 6.07) is 10.0. The molecule has 0 radical (unpaired) electrons. The van der Waals surface area contributed by atoms with Crippen LogP contribution in [-0.4, -0.2) is 5.91 Å². The van der Waals surface area contributed by atoms with E-state index in [0.717, 1.165) is 0 Å². The van der Waals surface area contributed by atoms with Crippen LogP contribution in [0.25, 0.3) is 0 Å². The lowest BCUT2D eigenvalue weighted by Gasteiger charge is -2.18. The molecule has 3 nitrogen and oxygen atoms in total. The van der Waals surface area contributed by atoms with Crippen molar-refractivity contribution < 1.29 is 9.18 Å².